The van der Waals surface area contributed by atoms with Crippen LogP contribution in [0.4, 0.5) is 0 Å². The molecule has 5 nitrogen and oxygen atoms in total. The van der Waals surface area contributed by atoms with Crippen molar-refractivity contribution in [1.82, 2.24) is 9.97 Å². The Hall–Kier alpha value is -2.73. The fourth-order valence-electron chi connectivity index (χ4n) is 3.70. The molecule has 1 aliphatic rings. The van der Waals surface area contributed by atoms with Crippen LogP contribution in [0.5, 0.6) is 11.6 Å². The minimum atomic E-state index is -0.374. The molecule has 0 unspecified atom stereocenters. The van der Waals surface area contributed by atoms with Crippen molar-refractivity contribution in [2.24, 2.45) is 5.92 Å². The van der Waals surface area contributed by atoms with Gasteiger partial charge in [0.1, 0.15) is 22.0 Å². The van der Waals surface area contributed by atoms with Gasteiger partial charge >= 0.3 is 5.63 Å². The van der Waals surface area contributed by atoms with Crippen LogP contribution in [0, 0.1) is 12.8 Å². The molecule has 0 N–H and O–H groups in total. The van der Waals surface area contributed by atoms with Gasteiger partial charge in [0, 0.05) is 22.4 Å². The van der Waals surface area contributed by atoms with Crippen LogP contribution in [-0.4, -0.2) is 9.97 Å². The lowest BCUT2D eigenvalue weighted by Crippen LogP contribution is -2.08. The molecule has 0 bridgehead atoms. The van der Waals surface area contributed by atoms with E-state index in [1.54, 1.807) is 23.5 Å². The van der Waals surface area contributed by atoms with E-state index in [1.807, 2.05) is 19.1 Å². The molecule has 1 atom stereocenters. The summed E-state index contributed by atoms with van der Waals surface area (Å²) in [6, 6.07) is 8.64. The van der Waals surface area contributed by atoms with Crippen LogP contribution in [0.1, 0.15) is 29.6 Å². The van der Waals surface area contributed by atoms with Gasteiger partial charge in [0.05, 0.1) is 5.39 Å². The first-order valence-electron chi connectivity index (χ1n) is 9.07. The molecule has 1 aromatic carbocycles. The highest BCUT2D eigenvalue weighted by molar-refractivity contribution is 7.18. The van der Waals surface area contributed by atoms with Gasteiger partial charge in [0.25, 0.3) is 0 Å². The quantitative estimate of drug-likeness (QED) is 0.458. The summed E-state index contributed by atoms with van der Waals surface area (Å²) in [4.78, 5) is 23.1. The average Bonchev–Trinajstić information content (AvgIpc) is 2.98. The SMILES string of the molecule is Cc1nc(Oc2ccc3ccc(=O)oc3c2)c2c3c(sc2n1)C[C@@H](C)CC3. The molecule has 5 rings (SSSR count). The smallest absolute Gasteiger partial charge is 0.336 e. The van der Waals surface area contributed by atoms with Gasteiger partial charge in [0.2, 0.25) is 5.88 Å². The van der Waals surface area contributed by atoms with Crippen LogP contribution in [-0.2, 0) is 12.8 Å². The Bertz CT molecular complexity index is 1240. The first-order chi connectivity index (χ1) is 13.1. The second-order valence-corrected chi connectivity index (χ2v) is 8.25. The lowest BCUT2D eigenvalue weighted by Gasteiger charge is -2.18. The van der Waals surface area contributed by atoms with Gasteiger partial charge in [-0.1, -0.05) is 6.92 Å². The Morgan fingerprint density at radius 1 is 1.22 bits per heavy atom. The van der Waals surface area contributed by atoms with Crippen LogP contribution in [0.3, 0.4) is 0 Å². The number of aromatic nitrogens is 2. The van der Waals surface area contributed by atoms with Gasteiger partial charge in [-0.05, 0) is 55.9 Å². The van der Waals surface area contributed by atoms with Gasteiger partial charge in [-0.15, -0.1) is 11.3 Å². The van der Waals surface area contributed by atoms with Gasteiger partial charge in [0.15, 0.2) is 0 Å². The molecule has 3 aromatic heterocycles. The third-order valence-electron chi connectivity index (χ3n) is 5.04. The number of ether oxygens (including phenoxy) is 1. The maximum Gasteiger partial charge on any atom is 0.336 e. The molecule has 136 valence electrons. The standard InChI is InChI=1S/C21H18N2O3S/c1-11-3-7-15-17(9-11)27-21-19(15)20(22-12(2)23-21)25-14-6-4-13-5-8-18(24)26-16(13)10-14/h4-6,8,10-11H,3,7,9H2,1-2H3/t11-/m0/s1. The summed E-state index contributed by atoms with van der Waals surface area (Å²) < 4.78 is 11.4. The van der Waals surface area contributed by atoms with Crippen molar-refractivity contribution in [2.45, 2.75) is 33.1 Å². The molecule has 27 heavy (non-hydrogen) atoms. The Kier molecular flexibility index (Phi) is 3.75. The number of nitrogens with zero attached hydrogens (tertiary/aromatic N) is 2. The van der Waals surface area contributed by atoms with Crippen molar-refractivity contribution in [3.05, 3.63) is 57.0 Å². The van der Waals surface area contributed by atoms with Crippen LogP contribution < -0.4 is 10.4 Å². The molecule has 1 aliphatic carbocycles. The summed E-state index contributed by atoms with van der Waals surface area (Å²) in [6.45, 7) is 4.18. The maximum atomic E-state index is 11.5. The number of benzene rings is 1. The normalized spacial score (nSPS) is 16.6. The number of fused-ring (bicyclic) bond motifs is 4. The summed E-state index contributed by atoms with van der Waals surface area (Å²) in [5, 5.41) is 1.88. The highest BCUT2D eigenvalue weighted by Gasteiger charge is 2.24. The number of rotatable bonds is 2. The molecule has 0 spiro atoms. The molecular formula is C21H18N2O3S. The summed E-state index contributed by atoms with van der Waals surface area (Å²) >= 11 is 1.76. The molecule has 0 radical (unpaired) electrons. The lowest BCUT2D eigenvalue weighted by atomic mass is 9.89. The Morgan fingerprint density at radius 3 is 2.96 bits per heavy atom. The molecule has 3 heterocycles. The lowest BCUT2D eigenvalue weighted by molar-refractivity contribution is 0.463. The van der Waals surface area contributed by atoms with Crippen LogP contribution in [0.2, 0.25) is 0 Å². The third kappa shape index (κ3) is 2.90. The summed E-state index contributed by atoms with van der Waals surface area (Å²) in [5.74, 6) is 2.58. The highest BCUT2D eigenvalue weighted by atomic mass is 32.1. The molecule has 0 saturated carbocycles. The summed E-state index contributed by atoms with van der Waals surface area (Å²) in [7, 11) is 0. The van der Waals surface area contributed by atoms with Crippen molar-refractivity contribution >= 4 is 32.5 Å². The zero-order valence-corrected chi connectivity index (χ0v) is 15.9. The van der Waals surface area contributed by atoms with Crippen molar-refractivity contribution in [3.8, 4) is 11.6 Å². The second-order valence-electron chi connectivity index (χ2n) is 7.16. The van der Waals surface area contributed by atoms with E-state index in [9.17, 15) is 4.79 Å². The largest absolute Gasteiger partial charge is 0.438 e. The topological polar surface area (TPSA) is 65.2 Å². The second kappa shape index (κ2) is 6.16. The van der Waals surface area contributed by atoms with Gasteiger partial charge in [-0.25, -0.2) is 9.78 Å². The Labute approximate surface area is 159 Å². The van der Waals surface area contributed by atoms with Crippen molar-refractivity contribution in [1.29, 1.82) is 0 Å². The monoisotopic (exact) mass is 378 g/mol. The number of thiophene rings is 1. The van der Waals surface area contributed by atoms with E-state index in [1.165, 1.54) is 22.9 Å². The molecular weight excluding hydrogens is 360 g/mol. The average molecular weight is 378 g/mol. The third-order valence-corrected chi connectivity index (χ3v) is 6.19. The van der Waals surface area contributed by atoms with E-state index in [2.05, 4.69) is 16.9 Å². The number of aryl methyl sites for hydroxylation is 2. The fraction of sp³-hybridized carbons (Fsp3) is 0.286. The van der Waals surface area contributed by atoms with E-state index < -0.39 is 0 Å². The van der Waals surface area contributed by atoms with Crippen LogP contribution >= 0.6 is 11.3 Å². The van der Waals surface area contributed by atoms with Crippen molar-refractivity contribution in [2.75, 3.05) is 0 Å². The highest BCUT2D eigenvalue weighted by Crippen LogP contribution is 2.41. The first kappa shape index (κ1) is 16.4. The van der Waals surface area contributed by atoms with E-state index in [0.717, 1.165) is 28.4 Å². The van der Waals surface area contributed by atoms with E-state index in [0.29, 0.717) is 29.0 Å². The Morgan fingerprint density at radius 2 is 2.07 bits per heavy atom. The maximum absolute atomic E-state index is 11.5. The predicted octanol–water partition coefficient (Wildman–Crippen LogP) is 5.02. The van der Waals surface area contributed by atoms with Crippen LogP contribution in [0.15, 0.2) is 39.5 Å². The van der Waals surface area contributed by atoms with Gasteiger partial charge < -0.3 is 9.15 Å². The number of hydrogen-bond donors (Lipinski definition) is 0. The molecule has 0 fully saturated rings. The number of hydrogen-bond acceptors (Lipinski definition) is 6. The van der Waals surface area contributed by atoms with Crippen molar-refractivity contribution in [3.63, 3.8) is 0 Å². The minimum absolute atomic E-state index is 0.374. The first-order valence-corrected chi connectivity index (χ1v) is 9.89. The summed E-state index contributed by atoms with van der Waals surface area (Å²) in [6.07, 6.45) is 3.30. The van der Waals surface area contributed by atoms with Gasteiger partial charge in [-0.2, -0.15) is 4.98 Å². The van der Waals surface area contributed by atoms with Crippen LogP contribution in [0.25, 0.3) is 21.2 Å². The predicted molar refractivity (Wildman–Crippen MR) is 106 cm³/mol. The zero-order chi connectivity index (χ0) is 18.5. The summed E-state index contributed by atoms with van der Waals surface area (Å²) in [5.41, 5.74) is 1.46. The van der Waals surface area contributed by atoms with E-state index in [4.69, 9.17) is 9.15 Å². The van der Waals surface area contributed by atoms with E-state index >= 15 is 0 Å². The fourth-order valence-corrected chi connectivity index (χ4v) is 5.12. The van der Waals surface area contributed by atoms with E-state index in [-0.39, 0.29) is 5.63 Å². The molecule has 4 aromatic rings. The van der Waals surface area contributed by atoms with Crippen molar-refractivity contribution < 1.29 is 9.15 Å². The molecule has 0 amide bonds. The molecule has 0 saturated heterocycles. The minimum Gasteiger partial charge on any atom is -0.438 e. The Balaban J connectivity index is 1.63. The van der Waals surface area contributed by atoms with Gasteiger partial charge in [-0.3, -0.25) is 0 Å². The molecule has 0 aliphatic heterocycles. The zero-order valence-electron chi connectivity index (χ0n) is 15.1. The molecule has 6 heteroatoms.